The van der Waals surface area contributed by atoms with E-state index in [4.69, 9.17) is 30.1 Å². The number of esters is 1. The number of rotatable bonds is 8. The lowest BCUT2D eigenvalue weighted by atomic mass is 10.5. The average Bonchev–Trinajstić information content (AvgIpc) is 2.70. The Morgan fingerprint density at radius 1 is 1.30 bits per heavy atom. The second-order valence-corrected chi connectivity index (χ2v) is 8.41. The Bertz CT molecular complexity index is 500. The predicted molar refractivity (Wildman–Crippen MR) is 83.9 cm³/mol. The van der Waals surface area contributed by atoms with Crippen molar-refractivity contribution in [3.63, 3.8) is 0 Å². The average molecular weight is 404 g/mol. The molecular formula is C10H15BrNO5PS2. The van der Waals surface area contributed by atoms with Crippen molar-refractivity contribution in [2.75, 3.05) is 19.8 Å². The highest BCUT2D eigenvalue weighted by Gasteiger charge is 2.26. The molecule has 0 bridgehead atoms. The number of ether oxygens (including phenoxy) is 1. The molecule has 0 radical (unpaired) electrons. The Balaban J connectivity index is 2.90. The molecule has 0 spiro atoms. The summed E-state index contributed by atoms with van der Waals surface area (Å²) in [6.45, 7) is 3.44. The summed E-state index contributed by atoms with van der Waals surface area (Å²) in [5, 5.41) is 0.213. The highest BCUT2D eigenvalue weighted by Crippen LogP contribution is 2.51. The first kappa shape index (κ1) is 18.0. The van der Waals surface area contributed by atoms with Crippen LogP contribution in [0.25, 0.3) is 0 Å². The van der Waals surface area contributed by atoms with Crippen LogP contribution < -0.4 is 4.52 Å². The smallest absolute Gasteiger partial charge is 0.382 e. The van der Waals surface area contributed by atoms with Crippen molar-refractivity contribution in [2.24, 2.45) is 0 Å². The van der Waals surface area contributed by atoms with Crippen LogP contribution in [-0.4, -0.2) is 30.8 Å². The molecule has 114 valence electrons. The van der Waals surface area contributed by atoms with Crippen LogP contribution in [0, 0.1) is 0 Å². The Labute approximate surface area is 135 Å². The van der Waals surface area contributed by atoms with Gasteiger partial charge in [0.25, 0.3) is 5.19 Å². The predicted octanol–water partition coefficient (Wildman–Crippen LogP) is 3.76. The second kappa shape index (κ2) is 8.41. The Morgan fingerprint density at radius 3 is 2.40 bits per heavy atom. The topological polar surface area (TPSA) is 66.9 Å². The molecule has 0 aliphatic heterocycles. The SMILES string of the molecule is CCOC(=O)c1nc(OP(=S)(OCC)OCC)sc1Br. The van der Waals surface area contributed by atoms with E-state index >= 15 is 0 Å². The molecule has 6 nitrogen and oxygen atoms in total. The molecule has 1 aromatic heterocycles. The van der Waals surface area contributed by atoms with Gasteiger partial charge in [-0.2, -0.15) is 4.98 Å². The van der Waals surface area contributed by atoms with E-state index in [-0.39, 0.29) is 17.5 Å². The summed E-state index contributed by atoms with van der Waals surface area (Å²) in [5.41, 5.74) is 0.154. The number of hydrogen-bond acceptors (Lipinski definition) is 8. The van der Waals surface area contributed by atoms with E-state index in [1.54, 1.807) is 20.8 Å². The summed E-state index contributed by atoms with van der Waals surface area (Å²) in [6.07, 6.45) is 0. The van der Waals surface area contributed by atoms with E-state index in [0.717, 1.165) is 11.3 Å². The minimum atomic E-state index is -2.89. The van der Waals surface area contributed by atoms with Crippen molar-refractivity contribution in [1.82, 2.24) is 4.98 Å². The van der Waals surface area contributed by atoms with Gasteiger partial charge in [0.15, 0.2) is 5.69 Å². The van der Waals surface area contributed by atoms with Crippen molar-refractivity contribution in [1.29, 1.82) is 0 Å². The van der Waals surface area contributed by atoms with Crippen LogP contribution in [0.1, 0.15) is 31.3 Å². The molecule has 0 atom stereocenters. The lowest BCUT2D eigenvalue weighted by molar-refractivity contribution is 0.0518. The van der Waals surface area contributed by atoms with Gasteiger partial charge in [-0.1, -0.05) is 11.3 Å². The van der Waals surface area contributed by atoms with Crippen molar-refractivity contribution in [2.45, 2.75) is 20.8 Å². The minimum Gasteiger partial charge on any atom is -0.461 e. The Kier molecular flexibility index (Phi) is 7.57. The molecule has 1 rings (SSSR count). The van der Waals surface area contributed by atoms with E-state index in [9.17, 15) is 4.79 Å². The summed E-state index contributed by atoms with van der Waals surface area (Å²) in [4.78, 5) is 15.7. The maximum Gasteiger partial charge on any atom is 0.382 e. The van der Waals surface area contributed by atoms with Crippen LogP contribution in [0.2, 0.25) is 0 Å². The molecule has 0 aromatic carbocycles. The van der Waals surface area contributed by atoms with E-state index in [2.05, 4.69) is 20.9 Å². The molecule has 1 aromatic rings. The molecular weight excluding hydrogens is 389 g/mol. The van der Waals surface area contributed by atoms with E-state index in [1.807, 2.05) is 0 Å². The van der Waals surface area contributed by atoms with Crippen molar-refractivity contribution >= 4 is 51.8 Å². The van der Waals surface area contributed by atoms with Gasteiger partial charge in [-0.05, 0) is 36.7 Å². The number of halogens is 1. The van der Waals surface area contributed by atoms with Crippen molar-refractivity contribution in [3.8, 4) is 5.19 Å². The van der Waals surface area contributed by atoms with Crippen LogP contribution in [0.15, 0.2) is 3.79 Å². The molecule has 20 heavy (non-hydrogen) atoms. The van der Waals surface area contributed by atoms with Crippen LogP contribution in [0.4, 0.5) is 0 Å². The summed E-state index contributed by atoms with van der Waals surface area (Å²) in [6, 6.07) is 0. The standard InChI is InChI=1S/C10H15BrNO5PS2/c1-4-14-9(13)7-8(11)20-10(12-7)17-18(19,15-5-2)16-6-3/h4-6H2,1-3H3. The Morgan fingerprint density at radius 2 is 1.90 bits per heavy atom. The van der Waals surface area contributed by atoms with Gasteiger partial charge in [0.05, 0.1) is 19.8 Å². The second-order valence-electron chi connectivity index (χ2n) is 3.20. The minimum absolute atomic E-state index is 0.154. The molecule has 0 aliphatic rings. The number of carbonyl (C=O) groups is 1. The number of nitrogens with zero attached hydrogens (tertiary/aromatic N) is 1. The largest absolute Gasteiger partial charge is 0.461 e. The van der Waals surface area contributed by atoms with Gasteiger partial charge in [-0.3, -0.25) is 9.05 Å². The monoisotopic (exact) mass is 403 g/mol. The lowest BCUT2D eigenvalue weighted by Crippen LogP contribution is -2.06. The summed E-state index contributed by atoms with van der Waals surface area (Å²) in [7, 11) is 0. The molecule has 0 saturated carbocycles. The van der Waals surface area contributed by atoms with E-state index in [0.29, 0.717) is 17.0 Å². The zero-order valence-electron chi connectivity index (χ0n) is 11.3. The fourth-order valence-corrected chi connectivity index (χ4v) is 4.80. The van der Waals surface area contributed by atoms with Gasteiger partial charge < -0.3 is 9.26 Å². The maximum absolute atomic E-state index is 11.7. The number of aromatic nitrogens is 1. The van der Waals surface area contributed by atoms with Crippen LogP contribution in [-0.2, 0) is 25.6 Å². The molecule has 0 saturated heterocycles. The van der Waals surface area contributed by atoms with Crippen LogP contribution in [0.3, 0.4) is 0 Å². The summed E-state index contributed by atoms with van der Waals surface area (Å²) >= 11 is 9.61. The molecule has 10 heteroatoms. The molecule has 0 unspecified atom stereocenters. The first-order valence-electron chi connectivity index (χ1n) is 5.87. The zero-order chi connectivity index (χ0) is 15.2. The van der Waals surface area contributed by atoms with Gasteiger partial charge in [-0.25, -0.2) is 4.79 Å². The maximum atomic E-state index is 11.7. The van der Waals surface area contributed by atoms with Crippen LogP contribution in [0.5, 0.6) is 5.19 Å². The van der Waals surface area contributed by atoms with Gasteiger partial charge in [0, 0.05) is 11.8 Å². The highest BCUT2D eigenvalue weighted by molar-refractivity contribution is 9.11. The fourth-order valence-electron chi connectivity index (χ4n) is 1.15. The molecule has 0 aliphatic carbocycles. The number of hydrogen-bond donors (Lipinski definition) is 0. The van der Waals surface area contributed by atoms with Crippen molar-refractivity contribution in [3.05, 3.63) is 9.48 Å². The number of thiazole rings is 1. The Hall–Kier alpha value is -0.0500. The number of carbonyl (C=O) groups excluding carboxylic acids is 1. The third-order valence-electron chi connectivity index (χ3n) is 1.80. The molecule has 0 N–H and O–H groups in total. The van der Waals surface area contributed by atoms with Gasteiger partial charge >= 0.3 is 12.7 Å². The van der Waals surface area contributed by atoms with E-state index in [1.165, 1.54) is 0 Å². The van der Waals surface area contributed by atoms with Crippen LogP contribution >= 0.6 is 34.0 Å². The normalized spacial score (nSPS) is 11.4. The lowest BCUT2D eigenvalue weighted by Gasteiger charge is -2.18. The first-order valence-corrected chi connectivity index (χ1v) is 10.0. The van der Waals surface area contributed by atoms with Gasteiger partial charge in [-0.15, -0.1) is 0 Å². The molecule has 0 amide bonds. The summed E-state index contributed by atoms with van der Waals surface area (Å²) in [5.74, 6) is -0.522. The molecule has 1 heterocycles. The van der Waals surface area contributed by atoms with Crippen molar-refractivity contribution < 1.29 is 23.1 Å². The highest BCUT2D eigenvalue weighted by atomic mass is 79.9. The zero-order valence-corrected chi connectivity index (χ0v) is 15.4. The third kappa shape index (κ3) is 5.05. The van der Waals surface area contributed by atoms with Gasteiger partial charge in [0.1, 0.15) is 3.79 Å². The quantitative estimate of drug-likeness (QED) is 0.483. The van der Waals surface area contributed by atoms with E-state index < -0.39 is 12.7 Å². The first-order chi connectivity index (χ1) is 9.45. The van der Waals surface area contributed by atoms with Gasteiger partial charge in [0.2, 0.25) is 0 Å². The molecule has 0 fully saturated rings. The fraction of sp³-hybridized carbons (Fsp3) is 0.600. The third-order valence-corrected chi connectivity index (χ3v) is 5.91. The summed E-state index contributed by atoms with van der Waals surface area (Å²) < 4.78 is 21.6.